The van der Waals surface area contributed by atoms with Crippen LogP contribution in [0.15, 0.2) is 48.7 Å². The van der Waals surface area contributed by atoms with E-state index in [1.54, 1.807) is 18.3 Å². The van der Waals surface area contributed by atoms with Crippen LogP contribution in [0.5, 0.6) is 0 Å². The molecule has 17 heavy (non-hydrogen) atoms. The van der Waals surface area contributed by atoms with Gasteiger partial charge in [-0.2, -0.15) is 0 Å². The van der Waals surface area contributed by atoms with Crippen LogP contribution in [-0.2, 0) is 9.12 Å². The van der Waals surface area contributed by atoms with Crippen LogP contribution in [0.4, 0.5) is 5.82 Å². The predicted octanol–water partition coefficient (Wildman–Crippen LogP) is 2.50. The van der Waals surface area contributed by atoms with Gasteiger partial charge in [-0.25, -0.2) is 4.98 Å². The van der Waals surface area contributed by atoms with Crippen LogP contribution in [0, 0.1) is 0 Å². The summed E-state index contributed by atoms with van der Waals surface area (Å²) in [6.07, 6.45) is 2.45. The number of aldehydes is 1. The number of anilines is 1. The van der Waals surface area contributed by atoms with Gasteiger partial charge in [-0.05, 0) is 23.3 Å². The summed E-state index contributed by atoms with van der Waals surface area (Å²) in [6, 6.07) is 12.9. The molecule has 0 aliphatic carbocycles. The summed E-state index contributed by atoms with van der Waals surface area (Å²) in [4.78, 5) is 15.4. The first-order valence-electron chi connectivity index (χ1n) is 5.09. The van der Waals surface area contributed by atoms with E-state index >= 15 is 0 Å². The summed E-state index contributed by atoms with van der Waals surface area (Å²) in [6.45, 7) is 0. The van der Waals surface area contributed by atoms with E-state index in [1.807, 2.05) is 30.3 Å². The topological polar surface area (TPSA) is 56.0 Å². The maximum atomic E-state index is 11.4. The lowest BCUT2D eigenvalue weighted by Gasteiger charge is -2.22. The number of halogens is 1. The zero-order chi connectivity index (χ0) is 12.3. The van der Waals surface area contributed by atoms with Gasteiger partial charge < -0.3 is 10.5 Å². The van der Waals surface area contributed by atoms with E-state index in [2.05, 4.69) is 20.9 Å². The Kier molecular flexibility index (Phi) is 3.24. The fraction of sp³-hybridized carbons (Fsp3) is 0.0769. The highest BCUT2D eigenvalue weighted by Gasteiger charge is 2.30. The second kappa shape index (κ2) is 4.67. The Morgan fingerprint density at radius 1 is 1.18 bits per heavy atom. The third kappa shape index (κ3) is 2.22. The molecular weight excluding hydrogens is 280 g/mol. The zero-order valence-corrected chi connectivity index (χ0v) is 10.6. The number of rotatable bonds is 3. The molecule has 0 saturated heterocycles. The minimum Gasteiger partial charge on any atom is -0.384 e. The molecule has 4 heteroatoms. The van der Waals surface area contributed by atoms with Gasteiger partial charge in [-0.3, -0.25) is 0 Å². The lowest BCUT2D eigenvalue weighted by atomic mass is 9.93. The fourth-order valence-electron chi connectivity index (χ4n) is 1.66. The molecular formula is C13H11BrN2O. The van der Waals surface area contributed by atoms with Gasteiger partial charge >= 0.3 is 0 Å². The van der Waals surface area contributed by atoms with Crippen LogP contribution in [0.2, 0.25) is 0 Å². The molecule has 0 aliphatic heterocycles. The monoisotopic (exact) mass is 290 g/mol. The van der Waals surface area contributed by atoms with Crippen molar-refractivity contribution in [2.75, 3.05) is 5.73 Å². The number of hydrogen-bond donors (Lipinski definition) is 1. The standard InChI is InChI=1S/C13H11BrN2O/c14-13(9-17,10-4-2-1-3-5-10)11-6-7-16-12(15)8-11/h1-9H,(H2,15,16). The van der Waals surface area contributed by atoms with E-state index in [0.717, 1.165) is 17.4 Å². The lowest BCUT2D eigenvalue weighted by Crippen LogP contribution is -2.21. The Labute approximate surface area is 108 Å². The number of nitrogens with zero attached hydrogens (tertiary/aromatic N) is 1. The van der Waals surface area contributed by atoms with Crippen molar-refractivity contribution in [1.82, 2.24) is 4.98 Å². The molecule has 2 rings (SSSR count). The second-order valence-corrected chi connectivity index (χ2v) is 4.92. The van der Waals surface area contributed by atoms with Crippen molar-refractivity contribution >= 4 is 28.0 Å². The molecule has 0 spiro atoms. The minimum absolute atomic E-state index is 0.393. The largest absolute Gasteiger partial charge is 0.384 e. The molecule has 0 aliphatic rings. The van der Waals surface area contributed by atoms with E-state index in [4.69, 9.17) is 5.73 Å². The van der Waals surface area contributed by atoms with Crippen LogP contribution >= 0.6 is 15.9 Å². The highest BCUT2D eigenvalue weighted by atomic mass is 79.9. The predicted molar refractivity (Wildman–Crippen MR) is 70.9 cm³/mol. The molecule has 1 aromatic heterocycles. The summed E-state index contributed by atoms with van der Waals surface area (Å²) in [5.41, 5.74) is 7.27. The van der Waals surface area contributed by atoms with Gasteiger partial charge in [0, 0.05) is 6.20 Å². The van der Waals surface area contributed by atoms with Crippen molar-refractivity contribution in [1.29, 1.82) is 0 Å². The number of hydrogen-bond acceptors (Lipinski definition) is 3. The number of benzene rings is 1. The highest BCUT2D eigenvalue weighted by molar-refractivity contribution is 9.10. The van der Waals surface area contributed by atoms with Crippen molar-refractivity contribution in [2.24, 2.45) is 0 Å². The van der Waals surface area contributed by atoms with Crippen molar-refractivity contribution in [3.8, 4) is 0 Å². The van der Waals surface area contributed by atoms with Crippen LogP contribution < -0.4 is 5.73 Å². The number of nitrogens with two attached hydrogens (primary N) is 1. The Morgan fingerprint density at radius 3 is 2.47 bits per heavy atom. The average molecular weight is 291 g/mol. The average Bonchev–Trinajstić information content (AvgIpc) is 2.39. The fourth-order valence-corrected chi connectivity index (χ4v) is 2.17. The van der Waals surface area contributed by atoms with E-state index in [1.165, 1.54) is 0 Å². The Hall–Kier alpha value is -1.68. The molecule has 2 aromatic rings. The van der Waals surface area contributed by atoms with Gasteiger partial charge in [0.05, 0.1) is 0 Å². The van der Waals surface area contributed by atoms with Crippen molar-refractivity contribution in [2.45, 2.75) is 4.32 Å². The molecule has 0 bridgehead atoms. The quantitative estimate of drug-likeness (QED) is 0.698. The summed E-state index contributed by atoms with van der Waals surface area (Å²) in [5, 5.41) is 0. The van der Waals surface area contributed by atoms with Gasteiger partial charge in [-0.1, -0.05) is 46.3 Å². The van der Waals surface area contributed by atoms with Crippen LogP contribution in [0.1, 0.15) is 11.1 Å². The van der Waals surface area contributed by atoms with E-state index in [0.29, 0.717) is 5.82 Å². The molecule has 0 saturated carbocycles. The van der Waals surface area contributed by atoms with Crippen LogP contribution in [0.25, 0.3) is 0 Å². The number of alkyl halides is 1. The molecule has 1 heterocycles. The smallest absolute Gasteiger partial charge is 0.145 e. The molecule has 0 radical (unpaired) electrons. The minimum atomic E-state index is -0.870. The first-order chi connectivity index (χ1) is 8.16. The summed E-state index contributed by atoms with van der Waals surface area (Å²) < 4.78 is -0.870. The maximum Gasteiger partial charge on any atom is 0.145 e. The van der Waals surface area contributed by atoms with Gasteiger partial charge in [-0.15, -0.1) is 0 Å². The molecule has 1 unspecified atom stereocenters. The normalized spacial score (nSPS) is 13.9. The Bertz CT molecular complexity index is 530. The third-order valence-electron chi connectivity index (χ3n) is 2.56. The van der Waals surface area contributed by atoms with Gasteiger partial charge in [0.1, 0.15) is 16.4 Å². The third-order valence-corrected chi connectivity index (χ3v) is 3.66. The van der Waals surface area contributed by atoms with Crippen molar-refractivity contribution in [3.63, 3.8) is 0 Å². The molecule has 0 amide bonds. The van der Waals surface area contributed by atoms with Crippen molar-refractivity contribution in [3.05, 3.63) is 59.8 Å². The number of carbonyl (C=O) groups excluding carboxylic acids is 1. The molecule has 86 valence electrons. The first kappa shape index (κ1) is 11.8. The number of pyridine rings is 1. The molecule has 0 fully saturated rings. The lowest BCUT2D eigenvalue weighted by molar-refractivity contribution is -0.109. The molecule has 1 atom stereocenters. The van der Waals surface area contributed by atoms with E-state index in [-0.39, 0.29) is 0 Å². The summed E-state index contributed by atoms with van der Waals surface area (Å²) in [7, 11) is 0. The van der Waals surface area contributed by atoms with Gasteiger partial charge in [0.2, 0.25) is 0 Å². The Balaban J connectivity index is 2.56. The zero-order valence-electron chi connectivity index (χ0n) is 9.01. The number of nitrogen functional groups attached to an aromatic ring is 1. The molecule has 2 N–H and O–H groups in total. The van der Waals surface area contributed by atoms with Gasteiger partial charge in [0.15, 0.2) is 0 Å². The van der Waals surface area contributed by atoms with Crippen LogP contribution in [0.3, 0.4) is 0 Å². The number of aromatic nitrogens is 1. The second-order valence-electron chi connectivity index (χ2n) is 3.67. The van der Waals surface area contributed by atoms with Crippen molar-refractivity contribution < 1.29 is 4.79 Å². The first-order valence-corrected chi connectivity index (χ1v) is 5.89. The maximum absolute atomic E-state index is 11.4. The SMILES string of the molecule is Nc1cc(C(Br)(C=O)c2ccccc2)ccn1. The number of carbonyl (C=O) groups is 1. The van der Waals surface area contributed by atoms with Crippen LogP contribution in [-0.4, -0.2) is 11.3 Å². The Morgan fingerprint density at radius 2 is 1.88 bits per heavy atom. The van der Waals surface area contributed by atoms with E-state index < -0.39 is 4.32 Å². The molecule has 3 nitrogen and oxygen atoms in total. The highest BCUT2D eigenvalue weighted by Crippen LogP contribution is 2.36. The summed E-state index contributed by atoms with van der Waals surface area (Å²) in [5.74, 6) is 0.393. The van der Waals surface area contributed by atoms with E-state index in [9.17, 15) is 4.79 Å². The van der Waals surface area contributed by atoms with Gasteiger partial charge in [0.25, 0.3) is 0 Å². The molecule has 1 aromatic carbocycles. The summed E-state index contributed by atoms with van der Waals surface area (Å²) >= 11 is 3.48.